The van der Waals surface area contributed by atoms with Gasteiger partial charge in [0.15, 0.2) is 0 Å². The molecule has 0 spiro atoms. The van der Waals surface area contributed by atoms with Crippen molar-refractivity contribution in [1.82, 2.24) is 4.98 Å². The fraction of sp³-hybridized carbons (Fsp3) is 0.500. The molecule has 1 aromatic heterocycles. The summed E-state index contributed by atoms with van der Waals surface area (Å²) in [6.07, 6.45) is 5.62. The molecule has 1 amide bonds. The lowest BCUT2D eigenvalue weighted by molar-refractivity contribution is 0.0999. The van der Waals surface area contributed by atoms with Gasteiger partial charge in [0.1, 0.15) is 0 Å². The first kappa shape index (κ1) is 11.7. The van der Waals surface area contributed by atoms with Gasteiger partial charge >= 0.3 is 0 Å². The maximum atomic E-state index is 11.2. The van der Waals surface area contributed by atoms with Crippen molar-refractivity contribution in [2.24, 2.45) is 5.73 Å². The summed E-state index contributed by atoms with van der Waals surface area (Å²) in [5, 5.41) is 0. The molecule has 0 aliphatic carbocycles. The Morgan fingerprint density at radius 1 is 1.33 bits per heavy atom. The lowest BCUT2D eigenvalue weighted by atomic mass is 10.0. The van der Waals surface area contributed by atoms with E-state index >= 15 is 0 Å². The minimum Gasteiger partial charge on any atom is -0.366 e. The first-order valence-corrected chi connectivity index (χ1v) is 5.46. The Kier molecular flexibility index (Phi) is 4.28. The maximum absolute atomic E-state index is 11.2. The minimum absolute atomic E-state index is 0.371. The second kappa shape index (κ2) is 5.49. The van der Waals surface area contributed by atoms with Crippen molar-refractivity contribution in [2.75, 3.05) is 0 Å². The number of primary amides is 1. The molecule has 0 radical (unpaired) electrons. The molecule has 0 aromatic carbocycles. The normalized spacial score (nSPS) is 10.3. The summed E-state index contributed by atoms with van der Waals surface area (Å²) >= 11 is 0. The standard InChI is InChI=1S/C12H18N2O/c1-3-5-9-7-10(12(13)15)11(6-4-2)14-8-9/h7-8H,3-6H2,1-2H3,(H2,13,15). The van der Waals surface area contributed by atoms with Crippen LogP contribution < -0.4 is 5.73 Å². The average Bonchev–Trinajstić information content (AvgIpc) is 2.21. The molecule has 0 atom stereocenters. The highest BCUT2D eigenvalue weighted by Gasteiger charge is 2.09. The van der Waals surface area contributed by atoms with Crippen LogP contribution in [0.1, 0.15) is 48.3 Å². The van der Waals surface area contributed by atoms with Crippen LogP contribution in [0.4, 0.5) is 0 Å². The Morgan fingerprint density at radius 2 is 2.00 bits per heavy atom. The zero-order valence-corrected chi connectivity index (χ0v) is 9.42. The Hall–Kier alpha value is -1.38. The van der Waals surface area contributed by atoms with Gasteiger partial charge in [-0.2, -0.15) is 0 Å². The van der Waals surface area contributed by atoms with E-state index in [-0.39, 0.29) is 5.91 Å². The highest BCUT2D eigenvalue weighted by atomic mass is 16.1. The largest absolute Gasteiger partial charge is 0.366 e. The molecular weight excluding hydrogens is 188 g/mol. The highest BCUT2D eigenvalue weighted by molar-refractivity contribution is 5.94. The van der Waals surface area contributed by atoms with E-state index in [4.69, 9.17) is 5.73 Å². The van der Waals surface area contributed by atoms with Crippen molar-refractivity contribution in [3.63, 3.8) is 0 Å². The van der Waals surface area contributed by atoms with Crippen LogP contribution in [0.25, 0.3) is 0 Å². The van der Waals surface area contributed by atoms with Crippen LogP contribution in [-0.4, -0.2) is 10.9 Å². The van der Waals surface area contributed by atoms with E-state index in [0.717, 1.165) is 36.9 Å². The van der Waals surface area contributed by atoms with Crippen LogP contribution >= 0.6 is 0 Å². The third kappa shape index (κ3) is 3.05. The van der Waals surface area contributed by atoms with Crippen LogP contribution in [0, 0.1) is 0 Å². The second-order valence-electron chi connectivity index (χ2n) is 3.70. The number of carbonyl (C=O) groups is 1. The van der Waals surface area contributed by atoms with Gasteiger partial charge < -0.3 is 5.73 Å². The average molecular weight is 206 g/mol. The zero-order chi connectivity index (χ0) is 11.3. The van der Waals surface area contributed by atoms with Crippen molar-refractivity contribution in [3.05, 3.63) is 29.1 Å². The number of hydrogen-bond donors (Lipinski definition) is 1. The number of nitrogens with zero attached hydrogens (tertiary/aromatic N) is 1. The first-order valence-electron chi connectivity index (χ1n) is 5.46. The fourth-order valence-electron chi connectivity index (χ4n) is 1.61. The fourth-order valence-corrected chi connectivity index (χ4v) is 1.61. The van der Waals surface area contributed by atoms with Gasteiger partial charge in [-0.15, -0.1) is 0 Å². The number of amides is 1. The van der Waals surface area contributed by atoms with Crippen molar-refractivity contribution in [3.8, 4) is 0 Å². The molecule has 1 aromatic rings. The van der Waals surface area contributed by atoms with E-state index in [1.54, 1.807) is 0 Å². The molecule has 1 rings (SSSR count). The SMILES string of the molecule is CCCc1cnc(CCC)c(C(N)=O)c1. The van der Waals surface area contributed by atoms with Gasteiger partial charge in [0.2, 0.25) is 0 Å². The number of carbonyl (C=O) groups excluding carboxylic acids is 1. The van der Waals surface area contributed by atoms with Crippen LogP contribution in [0.3, 0.4) is 0 Å². The Balaban J connectivity index is 3.03. The molecule has 15 heavy (non-hydrogen) atoms. The van der Waals surface area contributed by atoms with E-state index in [1.807, 2.05) is 12.3 Å². The van der Waals surface area contributed by atoms with Gasteiger partial charge in [-0.3, -0.25) is 9.78 Å². The third-order valence-electron chi connectivity index (χ3n) is 2.32. The molecule has 82 valence electrons. The number of aromatic nitrogens is 1. The number of hydrogen-bond acceptors (Lipinski definition) is 2. The second-order valence-corrected chi connectivity index (χ2v) is 3.70. The smallest absolute Gasteiger partial charge is 0.250 e. The summed E-state index contributed by atoms with van der Waals surface area (Å²) in [7, 11) is 0. The Bertz CT molecular complexity index is 347. The summed E-state index contributed by atoms with van der Waals surface area (Å²) in [4.78, 5) is 15.5. The highest BCUT2D eigenvalue weighted by Crippen LogP contribution is 2.12. The van der Waals surface area contributed by atoms with Crippen molar-refractivity contribution >= 4 is 5.91 Å². The molecule has 0 saturated carbocycles. The molecule has 0 bridgehead atoms. The molecule has 1 heterocycles. The molecule has 0 saturated heterocycles. The van der Waals surface area contributed by atoms with Crippen LogP contribution in [0.5, 0.6) is 0 Å². The van der Waals surface area contributed by atoms with Gasteiger partial charge in [0.05, 0.1) is 11.3 Å². The van der Waals surface area contributed by atoms with Crippen LogP contribution in [0.15, 0.2) is 12.3 Å². The predicted molar refractivity (Wildman–Crippen MR) is 60.7 cm³/mol. The predicted octanol–water partition coefficient (Wildman–Crippen LogP) is 2.09. The molecule has 0 fully saturated rings. The third-order valence-corrected chi connectivity index (χ3v) is 2.32. The van der Waals surface area contributed by atoms with E-state index in [0.29, 0.717) is 5.56 Å². The molecule has 3 nitrogen and oxygen atoms in total. The monoisotopic (exact) mass is 206 g/mol. The van der Waals surface area contributed by atoms with Crippen LogP contribution in [0.2, 0.25) is 0 Å². The molecule has 0 aliphatic heterocycles. The molecule has 0 unspecified atom stereocenters. The van der Waals surface area contributed by atoms with E-state index in [1.165, 1.54) is 0 Å². The van der Waals surface area contributed by atoms with Gasteiger partial charge in [0.25, 0.3) is 5.91 Å². The summed E-state index contributed by atoms with van der Waals surface area (Å²) in [6, 6.07) is 1.88. The Morgan fingerprint density at radius 3 is 2.53 bits per heavy atom. The van der Waals surface area contributed by atoms with E-state index < -0.39 is 0 Å². The summed E-state index contributed by atoms with van der Waals surface area (Å²) in [6.45, 7) is 4.16. The maximum Gasteiger partial charge on any atom is 0.250 e. The summed E-state index contributed by atoms with van der Waals surface area (Å²) in [5.41, 5.74) is 7.83. The molecule has 0 aliphatic rings. The minimum atomic E-state index is -0.371. The quantitative estimate of drug-likeness (QED) is 0.802. The lowest BCUT2D eigenvalue weighted by Gasteiger charge is -2.06. The van der Waals surface area contributed by atoms with Crippen LogP contribution in [-0.2, 0) is 12.8 Å². The van der Waals surface area contributed by atoms with Crippen molar-refractivity contribution in [1.29, 1.82) is 0 Å². The van der Waals surface area contributed by atoms with Gasteiger partial charge in [0, 0.05) is 6.20 Å². The number of rotatable bonds is 5. The number of pyridine rings is 1. The molecule has 2 N–H and O–H groups in total. The number of aryl methyl sites for hydroxylation is 2. The molecule has 3 heteroatoms. The van der Waals surface area contributed by atoms with E-state index in [9.17, 15) is 4.79 Å². The van der Waals surface area contributed by atoms with Crippen molar-refractivity contribution in [2.45, 2.75) is 39.5 Å². The zero-order valence-electron chi connectivity index (χ0n) is 9.42. The molecular formula is C12H18N2O. The first-order chi connectivity index (χ1) is 7.19. The van der Waals surface area contributed by atoms with Gasteiger partial charge in [-0.25, -0.2) is 0 Å². The van der Waals surface area contributed by atoms with E-state index in [2.05, 4.69) is 18.8 Å². The lowest BCUT2D eigenvalue weighted by Crippen LogP contribution is -2.15. The van der Waals surface area contributed by atoms with Gasteiger partial charge in [-0.1, -0.05) is 26.7 Å². The van der Waals surface area contributed by atoms with Gasteiger partial charge in [-0.05, 0) is 24.5 Å². The number of nitrogens with two attached hydrogens (primary N) is 1. The Labute approximate surface area is 90.7 Å². The summed E-state index contributed by atoms with van der Waals surface area (Å²) < 4.78 is 0. The topological polar surface area (TPSA) is 56.0 Å². The van der Waals surface area contributed by atoms with Crippen molar-refractivity contribution < 1.29 is 4.79 Å². The summed E-state index contributed by atoms with van der Waals surface area (Å²) in [5.74, 6) is -0.371.